The van der Waals surface area contributed by atoms with Crippen molar-refractivity contribution in [2.24, 2.45) is 0 Å². The first-order chi connectivity index (χ1) is 16.6. The molecule has 4 rings (SSSR count). The van der Waals surface area contributed by atoms with Crippen LogP contribution in [0.5, 0.6) is 0 Å². The second kappa shape index (κ2) is 11.2. The summed E-state index contributed by atoms with van der Waals surface area (Å²) in [6.45, 7) is 5.50. The molecule has 1 atom stereocenters. The summed E-state index contributed by atoms with van der Waals surface area (Å²) in [4.78, 5) is 16.7. The number of nitriles is 1. The average Bonchev–Trinajstić information content (AvgIpc) is 2.85. The number of anilines is 1. The van der Waals surface area contributed by atoms with Gasteiger partial charge in [0.2, 0.25) is 0 Å². The van der Waals surface area contributed by atoms with E-state index in [1.165, 1.54) is 5.56 Å². The Morgan fingerprint density at radius 3 is 2.53 bits per heavy atom. The third kappa shape index (κ3) is 5.77. The van der Waals surface area contributed by atoms with E-state index in [-0.39, 0.29) is 18.4 Å². The Kier molecular flexibility index (Phi) is 7.84. The predicted molar refractivity (Wildman–Crippen MR) is 135 cm³/mol. The fourth-order valence-corrected chi connectivity index (χ4v) is 4.62. The van der Waals surface area contributed by atoms with Crippen LogP contribution in [0.4, 0.5) is 5.69 Å². The Bertz CT molecular complexity index is 1160. The molecule has 1 saturated heterocycles. The van der Waals surface area contributed by atoms with Crippen LogP contribution >= 0.6 is 11.6 Å². The van der Waals surface area contributed by atoms with Gasteiger partial charge < -0.3 is 9.64 Å². The second-order valence-electron chi connectivity index (χ2n) is 8.43. The predicted octanol–water partition coefficient (Wildman–Crippen LogP) is 5.38. The number of nitrogens with zero attached hydrogens (tertiary/aromatic N) is 3. The summed E-state index contributed by atoms with van der Waals surface area (Å²) in [5.41, 5.74) is 4.67. The van der Waals surface area contributed by atoms with Gasteiger partial charge in [0.25, 0.3) is 0 Å². The van der Waals surface area contributed by atoms with Crippen molar-refractivity contribution in [3.63, 3.8) is 0 Å². The first-order valence-electron chi connectivity index (χ1n) is 11.5. The van der Waals surface area contributed by atoms with Crippen LogP contribution in [0.2, 0.25) is 5.02 Å². The zero-order chi connectivity index (χ0) is 23.9. The molecule has 1 heterocycles. The van der Waals surface area contributed by atoms with Gasteiger partial charge in [-0.25, -0.2) is 0 Å². The molecule has 5 nitrogen and oxygen atoms in total. The van der Waals surface area contributed by atoms with E-state index >= 15 is 0 Å². The van der Waals surface area contributed by atoms with E-state index in [1.54, 1.807) is 6.92 Å². The molecule has 0 bridgehead atoms. The molecule has 0 aromatic heterocycles. The Hall–Kier alpha value is -3.33. The highest BCUT2D eigenvalue weighted by Gasteiger charge is 2.30. The lowest BCUT2D eigenvalue weighted by Crippen LogP contribution is -2.48. The minimum atomic E-state index is -0.285. The largest absolute Gasteiger partial charge is 0.466 e. The van der Waals surface area contributed by atoms with E-state index in [0.29, 0.717) is 17.2 Å². The molecule has 34 heavy (non-hydrogen) atoms. The zero-order valence-electron chi connectivity index (χ0n) is 19.3. The number of halogens is 1. The van der Waals surface area contributed by atoms with E-state index < -0.39 is 0 Å². The van der Waals surface area contributed by atoms with E-state index in [4.69, 9.17) is 16.3 Å². The third-order valence-corrected chi connectivity index (χ3v) is 6.36. The number of esters is 1. The molecule has 0 radical (unpaired) electrons. The number of hydrogen-bond acceptors (Lipinski definition) is 5. The summed E-state index contributed by atoms with van der Waals surface area (Å²) in [5, 5.41) is 10.6. The van der Waals surface area contributed by atoms with Gasteiger partial charge in [-0.05, 0) is 47.9 Å². The van der Waals surface area contributed by atoms with Gasteiger partial charge in [-0.1, -0.05) is 60.1 Å². The van der Waals surface area contributed by atoms with Crippen molar-refractivity contribution in [2.75, 3.05) is 31.1 Å². The van der Waals surface area contributed by atoms with E-state index in [0.717, 1.165) is 43.0 Å². The topological polar surface area (TPSA) is 56.6 Å². The van der Waals surface area contributed by atoms with Crippen molar-refractivity contribution in [3.8, 4) is 6.07 Å². The van der Waals surface area contributed by atoms with Crippen LogP contribution < -0.4 is 4.90 Å². The van der Waals surface area contributed by atoms with Gasteiger partial charge in [-0.2, -0.15) is 5.26 Å². The monoisotopic (exact) mass is 473 g/mol. The summed E-state index contributed by atoms with van der Waals surface area (Å²) in [6, 6.07) is 26.5. The SMILES string of the molecule is CCOC(=O)Cc1ccc(N2CCN(Cc3ccccc3)C[C@H]2c2ccc(Cl)cc2)c(C#N)c1. The molecule has 1 fully saturated rings. The van der Waals surface area contributed by atoms with Gasteiger partial charge in [-0.15, -0.1) is 0 Å². The Morgan fingerprint density at radius 2 is 1.82 bits per heavy atom. The van der Waals surface area contributed by atoms with Crippen molar-refractivity contribution in [1.29, 1.82) is 5.26 Å². The minimum Gasteiger partial charge on any atom is -0.466 e. The molecule has 1 aliphatic heterocycles. The molecule has 174 valence electrons. The van der Waals surface area contributed by atoms with E-state index in [2.05, 4.69) is 52.3 Å². The van der Waals surface area contributed by atoms with Crippen molar-refractivity contribution in [3.05, 3.63) is 100 Å². The fraction of sp³-hybridized carbons (Fsp3) is 0.286. The lowest BCUT2D eigenvalue weighted by Gasteiger charge is -2.43. The smallest absolute Gasteiger partial charge is 0.310 e. The summed E-state index contributed by atoms with van der Waals surface area (Å²) in [6.07, 6.45) is 0.161. The number of rotatable bonds is 7. The van der Waals surface area contributed by atoms with Crippen molar-refractivity contribution < 1.29 is 9.53 Å². The maximum Gasteiger partial charge on any atom is 0.310 e. The highest BCUT2D eigenvalue weighted by molar-refractivity contribution is 6.30. The molecule has 0 aliphatic carbocycles. The van der Waals surface area contributed by atoms with Gasteiger partial charge in [-0.3, -0.25) is 9.69 Å². The molecule has 3 aromatic rings. The quantitative estimate of drug-likeness (QED) is 0.431. The van der Waals surface area contributed by atoms with Gasteiger partial charge in [0.15, 0.2) is 0 Å². The molecule has 0 unspecified atom stereocenters. The lowest BCUT2D eigenvalue weighted by molar-refractivity contribution is -0.142. The van der Waals surface area contributed by atoms with Crippen molar-refractivity contribution in [2.45, 2.75) is 25.9 Å². The normalized spacial score (nSPS) is 16.1. The highest BCUT2D eigenvalue weighted by atomic mass is 35.5. The summed E-state index contributed by atoms with van der Waals surface area (Å²) in [7, 11) is 0. The Labute approximate surface area is 206 Å². The van der Waals surface area contributed by atoms with E-state index in [1.807, 2.05) is 36.4 Å². The summed E-state index contributed by atoms with van der Waals surface area (Å²) in [5.74, 6) is -0.285. The molecular weight excluding hydrogens is 446 g/mol. The van der Waals surface area contributed by atoms with Crippen LogP contribution in [0.15, 0.2) is 72.8 Å². The number of carbonyl (C=O) groups is 1. The number of piperazine rings is 1. The first kappa shape index (κ1) is 23.8. The minimum absolute atomic E-state index is 0.0673. The maximum absolute atomic E-state index is 11.9. The Morgan fingerprint density at radius 1 is 1.06 bits per heavy atom. The van der Waals surface area contributed by atoms with Crippen molar-refractivity contribution >= 4 is 23.3 Å². The van der Waals surface area contributed by atoms with Gasteiger partial charge >= 0.3 is 5.97 Å². The van der Waals surface area contributed by atoms with Crippen LogP contribution in [0.25, 0.3) is 0 Å². The highest BCUT2D eigenvalue weighted by Crippen LogP contribution is 2.34. The molecule has 0 N–H and O–H groups in total. The maximum atomic E-state index is 11.9. The zero-order valence-corrected chi connectivity index (χ0v) is 20.0. The molecule has 6 heteroatoms. The van der Waals surface area contributed by atoms with Crippen molar-refractivity contribution in [1.82, 2.24) is 4.90 Å². The number of hydrogen-bond donors (Lipinski definition) is 0. The average molecular weight is 474 g/mol. The lowest BCUT2D eigenvalue weighted by atomic mass is 9.98. The summed E-state index contributed by atoms with van der Waals surface area (Å²) >= 11 is 6.16. The molecule has 0 amide bonds. The van der Waals surface area contributed by atoms with Gasteiger partial charge in [0.05, 0.1) is 30.3 Å². The van der Waals surface area contributed by atoms with E-state index in [9.17, 15) is 10.1 Å². The molecule has 0 spiro atoms. The number of ether oxygens (including phenoxy) is 1. The van der Waals surface area contributed by atoms with Crippen LogP contribution in [0.3, 0.4) is 0 Å². The standard InChI is InChI=1S/C28H28ClN3O2/c1-2-34-28(33)17-22-8-13-26(24(16-22)18-30)32-15-14-31(19-21-6-4-3-5-7-21)20-27(32)23-9-11-25(29)12-10-23/h3-13,16,27H,2,14-15,17,19-20H2,1H3/t27-/m0/s1. The molecule has 1 aliphatic rings. The van der Waals surface area contributed by atoms with Gasteiger partial charge in [0, 0.05) is 31.2 Å². The third-order valence-electron chi connectivity index (χ3n) is 6.11. The molecule has 3 aromatic carbocycles. The number of benzene rings is 3. The van der Waals surface area contributed by atoms with Crippen LogP contribution in [0, 0.1) is 11.3 Å². The molecular formula is C28H28ClN3O2. The van der Waals surface area contributed by atoms with Gasteiger partial charge in [0.1, 0.15) is 6.07 Å². The summed E-state index contributed by atoms with van der Waals surface area (Å²) < 4.78 is 5.06. The fourth-order valence-electron chi connectivity index (χ4n) is 4.50. The Balaban J connectivity index is 1.62. The first-order valence-corrected chi connectivity index (χ1v) is 11.9. The van der Waals surface area contributed by atoms with Crippen LogP contribution in [0.1, 0.15) is 35.2 Å². The molecule has 0 saturated carbocycles. The van der Waals surface area contributed by atoms with Crippen LogP contribution in [-0.2, 0) is 22.5 Å². The number of carbonyl (C=O) groups excluding carboxylic acids is 1. The second-order valence-corrected chi connectivity index (χ2v) is 8.86. The van der Waals surface area contributed by atoms with Crippen LogP contribution in [-0.4, -0.2) is 37.1 Å².